The van der Waals surface area contributed by atoms with Gasteiger partial charge in [0.05, 0.1) is 19.9 Å². The minimum absolute atomic E-state index is 0.0448. The molecule has 140 valence electrons. The van der Waals surface area contributed by atoms with E-state index in [0.717, 1.165) is 11.3 Å². The molecule has 0 aliphatic heterocycles. The Kier molecular flexibility index (Phi) is 5.98. The molecule has 0 aliphatic rings. The molecule has 3 aromatic rings. The van der Waals surface area contributed by atoms with Gasteiger partial charge in [-0.1, -0.05) is 11.3 Å². The molecule has 0 atom stereocenters. The van der Waals surface area contributed by atoms with Crippen molar-refractivity contribution in [1.29, 1.82) is 0 Å². The van der Waals surface area contributed by atoms with Crippen LogP contribution in [0.3, 0.4) is 0 Å². The molecule has 1 N–H and O–H groups in total. The summed E-state index contributed by atoms with van der Waals surface area (Å²) < 4.78 is 25.0. The second kappa shape index (κ2) is 8.79. The Morgan fingerprint density at radius 1 is 1.19 bits per heavy atom. The molecule has 0 unspecified atom stereocenters. The summed E-state index contributed by atoms with van der Waals surface area (Å²) >= 11 is 0. The van der Waals surface area contributed by atoms with Gasteiger partial charge < -0.3 is 14.8 Å². The molecule has 0 spiro atoms. The molecule has 1 aromatic heterocycles. The Morgan fingerprint density at radius 3 is 2.74 bits per heavy atom. The van der Waals surface area contributed by atoms with Crippen LogP contribution in [0, 0.1) is 5.82 Å². The summed E-state index contributed by atoms with van der Waals surface area (Å²) in [4.78, 5) is 12.0. The smallest absolute Gasteiger partial charge is 0.241 e. The van der Waals surface area contributed by atoms with Crippen LogP contribution in [0.2, 0.25) is 0 Å². The molecule has 7 nitrogen and oxygen atoms in total. The molecular formula is C19H19FN4O3. The van der Waals surface area contributed by atoms with Crippen LogP contribution in [0.15, 0.2) is 54.7 Å². The summed E-state index contributed by atoms with van der Waals surface area (Å²) in [6.45, 7) is 0.585. The molecule has 0 saturated heterocycles. The van der Waals surface area contributed by atoms with Gasteiger partial charge in [0.2, 0.25) is 5.91 Å². The first-order valence-electron chi connectivity index (χ1n) is 8.33. The number of carbonyl (C=O) groups is 1. The van der Waals surface area contributed by atoms with E-state index in [1.54, 1.807) is 25.4 Å². The van der Waals surface area contributed by atoms with Crippen LogP contribution in [-0.2, 0) is 11.3 Å². The highest BCUT2D eigenvalue weighted by molar-refractivity contribution is 5.75. The lowest BCUT2D eigenvalue weighted by molar-refractivity contribution is -0.121. The van der Waals surface area contributed by atoms with E-state index in [4.69, 9.17) is 9.47 Å². The van der Waals surface area contributed by atoms with Crippen molar-refractivity contribution in [1.82, 2.24) is 20.3 Å². The molecule has 8 heteroatoms. The zero-order valence-corrected chi connectivity index (χ0v) is 14.8. The van der Waals surface area contributed by atoms with Crippen molar-refractivity contribution in [3.8, 4) is 22.8 Å². The first-order chi connectivity index (χ1) is 13.1. The predicted octanol–water partition coefficient (Wildman–Crippen LogP) is 2.29. The van der Waals surface area contributed by atoms with E-state index < -0.39 is 0 Å². The first-order valence-corrected chi connectivity index (χ1v) is 8.33. The van der Waals surface area contributed by atoms with Gasteiger partial charge in [0, 0.05) is 11.6 Å². The Hall–Kier alpha value is -3.42. The van der Waals surface area contributed by atoms with Crippen LogP contribution >= 0.6 is 0 Å². The molecule has 1 amide bonds. The third-order valence-corrected chi connectivity index (χ3v) is 3.72. The number of halogens is 1. The lowest BCUT2D eigenvalue weighted by Gasteiger charge is -2.07. The highest BCUT2D eigenvalue weighted by atomic mass is 19.1. The second-order valence-electron chi connectivity index (χ2n) is 5.69. The number of ether oxygens (including phenoxy) is 2. The van der Waals surface area contributed by atoms with E-state index in [1.165, 1.54) is 16.8 Å². The molecular weight excluding hydrogens is 351 g/mol. The van der Waals surface area contributed by atoms with Gasteiger partial charge in [0.1, 0.15) is 36.2 Å². The van der Waals surface area contributed by atoms with Crippen molar-refractivity contribution >= 4 is 5.91 Å². The number of nitrogens with one attached hydrogen (secondary N) is 1. The van der Waals surface area contributed by atoms with Crippen molar-refractivity contribution in [2.24, 2.45) is 0 Å². The number of rotatable bonds is 8. The molecule has 0 aliphatic carbocycles. The zero-order chi connectivity index (χ0) is 19.1. The van der Waals surface area contributed by atoms with Gasteiger partial charge in [-0.25, -0.2) is 9.07 Å². The van der Waals surface area contributed by atoms with Gasteiger partial charge in [0.25, 0.3) is 0 Å². The Bertz CT molecular complexity index is 896. The van der Waals surface area contributed by atoms with Crippen LogP contribution in [0.5, 0.6) is 11.5 Å². The number of hydrogen-bond acceptors (Lipinski definition) is 5. The highest BCUT2D eigenvalue weighted by Gasteiger charge is 2.08. The van der Waals surface area contributed by atoms with Crippen LogP contribution in [0.4, 0.5) is 4.39 Å². The quantitative estimate of drug-likeness (QED) is 0.616. The molecule has 3 rings (SSSR count). The lowest BCUT2D eigenvalue weighted by atomic mass is 10.2. The fraction of sp³-hybridized carbons (Fsp3) is 0.211. The summed E-state index contributed by atoms with van der Waals surface area (Å²) in [7, 11) is 1.60. The van der Waals surface area contributed by atoms with E-state index in [1.807, 2.05) is 24.3 Å². The summed E-state index contributed by atoms with van der Waals surface area (Å²) in [6, 6.07) is 13.3. The number of aromatic nitrogens is 3. The predicted molar refractivity (Wildman–Crippen MR) is 96.9 cm³/mol. The summed E-state index contributed by atoms with van der Waals surface area (Å²) in [5.74, 6) is 0.593. The number of benzene rings is 2. The normalized spacial score (nSPS) is 10.4. The monoisotopic (exact) mass is 370 g/mol. The Balaban J connectivity index is 1.44. The van der Waals surface area contributed by atoms with Crippen LogP contribution in [0.25, 0.3) is 11.3 Å². The lowest BCUT2D eigenvalue weighted by Crippen LogP contribution is -2.31. The standard InChI is InChI=1S/C19H19FN4O3/c1-26-16-7-5-14(6-8-16)18-12-24(23-22-18)13-19(25)21-9-10-27-17-4-2-3-15(20)11-17/h2-8,11-12H,9-10,13H2,1H3,(H,21,25). The molecule has 1 heterocycles. The van der Waals surface area contributed by atoms with Gasteiger partial charge in [-0.05, 0) is 36.4 Å². The zero-order valence-electron chi connectivity index (χ0n) is 14.8. The topological polar surface area (TPSA) is 78.3 Å². The van der Waals surface area contributed by atoms with E-state index in [9.17, 15) is 9.18 Å². The number of nitrogens with zero attached hydrogens (tertiary/aromatic N) is 3. The maximum atomic E-state index is 13.0. The molecule has 0 saturated carbocycles. The van der Waals surface area contributed by atoms with Crippen molar-refractivity contribution in [3.63, 3.8) is 0 Å². The average Bonchev–Trinajstić information content (AvgIpc) is 3.14. The molecule has 27 heavy (non-hydrogen) atoms. The van der Waals surface area contributed by atoms with Crippen LogP contribution in [-0.4, -0.2) is 41.2 Å². The summed E-state index contributed by atoms with van der Waals surface area (Å²) in [5.41, 5.74) is 1.55. The minimum atomic E-state index is -0.365. The summed E-state index contributed by atoms with van der Waals surface area (Å²) in [6.07, 6.45) is 1.70. The maximum Gasteiger partial charge on any atom is 0.241 e. The maximum absolute atomic E-state index is 13.0. The SMILES string of the molecule is COc1ccc(-c2cn(CC(=O)NCCOc3cccc(F)c3)nn2)cc1. The molecule has 0 fully saturated rings. The van der Waals surface area contributed by atoms with Gasteiger partial charge in [-0.2, -0.15) is 0 Å². The average molecular weight is 370 g/mol. The van der Waals surface area contributed by atoms with Gasteiger partial charge >= 0.3 is 0 Å². The number of methoxy groups -OCH3 is 1. The number of carbonyl (C=O) groups excluding carboxylic acids is 1. The number of hydrogen-bond donors (Lipinski definition) is 1. The Morgan fingerprint density at radius 2 is 2.00 bits per heavy atom. The van der Waals surface area contributed by atoms with Crippen LogP contribution in [0.1, 0.15) is 0 Å². The van der Waals surface area contributed by atoms with E-state index in [2.05, 4.69) is 15.6 Å². The van der Waals surface area contributed by atoms with Gasteiger partial charge in [0.15, 0.2) is 0 Å². The fourth-order valence-corrected chi connectivity index (χ4v) is 2.39. The van der Waals surface area contributed by atoms with Crippen molar-refractivity contribution in [2.75, 3.05) is 20.3 Å². The third kappa shape index (κ3) is 5.27. The van der Waals surface area contributed by atoms with E-state index in [-0.39, 0.29) is 24.9 Å². The summed E-state index contributed by atoms with van der Waals surface area (Å²) in [5, 5.41) is 10.8. The van der Waals surface area contributed by atoms with Gasteiger partial charge in [-0.15, -0.1) is 5.10 Å². The van der Waals surface area contributed by atoms with Crippen molar-refractivity contribution < 1.29 is 18.7 Å². The number of amides is 1. The third-order valence-electron chi connectivity index (χ3n) is 3.72. The first kappa shape index (κ1) is 18.4. The van der Waals surface area contributed by atoms with Crippen LogP contribution < -0.4 is 14.8 Å². The van der Waals surface area contributed by atoms with Gasteiger partial charge in [-0.3, -0.25) is 4.79 Å². The molecule has 0 radical (unpaired) electrons. The minimum Gasteiger partial charge on any atom is -0.497 e. The highest BCUT2D eigenvalue weighted by Crippen LogP contribution is 2.19. The Labute approximate surface area is 155 Å². The second-order valence-corrected chi connectivity index (χ2v) is 5.69. The van der Waals surface area contributed by atoms with E-state index >= 15 is 0 Å². The van der Waals surface area contributed by atoms with Crippen molar-refractivity contribution in [2.45, 2.75) is 6.54 Å². The fourth-order valence-electron chi connectivity index (χ4n) is 2.39. The van der Waals surface area contributed by atoms with E-state index in [0.29, 0.717) is 18.0 Å². The largest absolute Gasteiger partial charge is 0.497 e. The van der Waals surface area contributed by atoms with Crippen molar-refractivity contribution in [3.05, 3.63) is 60.5 Å². The molecule has 2 aromatic carbocycles. The molecule has 0 bridgehead atoms.